The van der Waals surface area contributed by atoms with Crippen LogP contribution in [0.25, 0.3) is 11.3 Å². The van der Waals surface area contributed by atoms with Crippen LogP contribution in [-0.2, 0) is 5.41 Å². The fourth-order valence-corrected chi connectivity index (χ4v) is 2.99. The summed E-state index contributed by atoms with van der Waals surface area (Å²) >= 11 is 1.49. The molecule has 4 nitrogen and oxygen atoms in total. The number of phenolic OH excluding ortho intramolecular Hbond substituents is 1. The van der Waals surface area contributed by atoms with E-state index in [4.69, 9.17) is 0 Å². The zero-order valence-corrected chi connectivity index (χ0v) is 15.3. The van der Waals surface area contributed by atoms with Gasteiger partial charge in [-0.3, -0.25) is 5.43 Å². The third-order valence-corrected chi connectivity index (χ3v) is 4.56. The molecule has 0 saturated heterocycles. The molecule has 128 valence electrons. The molecule has 0 aliphatic rings. The molecule has 5 heteroatoms. The second-order valence-electron chi connectivity index (χ2n) is 6.83. The number of hydrazone groups is 1. The molecule has 3 aromatic rings. The van der Waals surface area contributed by atoms with Crippen LogP contribution in [0.1, 0.15) is 31.9 Å². The minimum atomic E-state index is 0.152. The van der Waals surface area contributed by atoms with Crippen molar-refractivity contribution in [1.82, 2.24) is 4.98 Å². The van der Waals surface area contributed by atoms with E-state index in [0.29, 0.717) is 0 Å². The Balaban J connectivity index is 1.64. The Kier molecular flexibility index (Phi) is 4.86. The number of aromatic hydroxyl groups is 1. The number of nitrogens with one attached hydrogen (secondary N) is 1. The van der Waals surface area contributed by atoms with Gasteiger partial charge in [-0.15, -0.1) is 11.3 Å². The highest BCUT2D eigenvalue weighted by molar-refractivity contribution is 7.14. The number of aromatic nitrogens is 1. The monoisotopic (exact) mass is 351 g/mol. The van der Waals surface area contributed by atoms with Crippen molar-refractivity contribution < 1.29 is 5.11 Å². The number of benzene rings is 2. The number of hydrogen-bond donors (Lipinski definition) is 2. The van der Waals surface area contributed by atoms with Gasteiger partial charge in [-0.05, 0) is 40.8 Å². The number of nitrogens with zero attached hydrogens (tertiary/aromatic N) is 2. The Hall–Kier alpha value is -2.66. The third-order valence-electron chi connectivity index (χ3n) is 3.82. The fraction of sp³-hybridized carbons (Fsp3) is 0.200. The summed E-state index contributed by atoms with van der Waals surface area (Å²) in [7, 11) is 0. The molecule has 0 fully saturated rings. The second kappa shape index (κ2) is 7.07. The van der Waals surface area contributed by atoms with Crippen molar-refractivity contribution in [1.29, 1.82) is 0 Å². The van der Waals surface area contributed by atoms with Gasteiger partial charge >= 0.3 is 0 Å². The third kappa shape index (κ3) is 4.45. The summed E-state index contributed by atoms with van der Waals surface area (Å²) in [5, 5.41) is 16.3. The summed E-state index contributed by atoms with van der Waals surface area (Å²) in [5.41, 5.74) is 7.28. The first kappa shape index (κ1) is 17.2. The smallest absolute Gasteiger partial charge is 0.203 e. The predicted molar refractivity (Wildman–Crippen MR) is 106 cm³/mol. The number of hydrogen-bond acceptors (Lipinski definition) is 5. The van der Waals surface area contributed by atoms with Crippen LogP contribution in [0.3, 0.4) is 0 Å². The van der Waals surface area contributed by atoms with E-state index in [-0.39, 0.29) is 11.2 Å². The Morgan fingerprint density at radius 2 is 1.72 bits per heavy atom. The minimum Gasteiger partial charge on any atom is -0.508 e. The van der Waals surface area contributed by atoms with Gasteiger partial charge in [0.15, 0.2) is 0 Å². The Bertz CT molecular complexity index is 859. The summed E-state index contributed by atoms with van der Waals surface area (Å²) in [5.74, 6) is 0.249. The summed E-state index contributed by atoms with van der Waals surface area (Å²) < 4.78 is 0. The number of anilines is 1. The molecule has 0 unspecified atom stereocenters. The Morgan fingerprint density at radius 1 is 1.04 bits per heavy atom. The van der Waals surface area contributed by atoms with Crippen molar-refractivity contribution >= 4 is 22.7 Å². The largest absolute Gasteiger partial charge is 0.508 e. The van der Waals surface area contributed by atoms with Gasteiger partial charge in [-0.1, -0.05) is 45.0 Å². The first-order valence-electron chi connectivity index (χ1n) is 8.06. The number of thiazole rings is 1. The SMILES string of the molecule is CC(C)(C)c1ccc(C=NNc2nc(-c3ccc(O)cc3)cs2)cc1. The molecule has 2 N–H and O–H groups in total. The van der Waals surface area contributed by atoms with Gasteiger partial charge in [0, 0.05) is 10.9 Å². The van der Waals surface area contributed by atoms with Gasteiger partial charge in [-0.25, -0.2) is 4.98 Å². The van der Waals surface area contributed by atoms with E-state index in [1.54, 1.807) is 18.3 Å². The molecule has 25 heavy (non-hydrogen) atoms. The van der Waals surface area contributed by atoms with Crippen LogP contribution in [0, 0.1) is 0 Å². The molecule has 2 aromatic carbocycles. The van der Waals surface area contributed by atoms with Crippen molar-refractivity contribution in [3.63, 3.8) is 0 Å². The predicted octanol–water partition coefficient (Wildman–Crippen LogP) is 5.26. The molecule has 0 radical (unpaired) electrons. The lowest BCUT2D eigenvalue weighted by molar-refractivity contribution is 0.475. The molecule has 1 aromatic heterocycles. The molecule has 0 aliphatic carbocycles. The lowest BCUT2D eigenvalue weighted by atomic mass is 9.87. The van der Waals surface area contributed by atoms with E-state index in [1.807, 2.05) is 17.5 Å². The summed E-state index contributed by atoms with van der Waals surface area (Å²) in [4.78, 5) is 4.50. The quantitative estimate of drug-likeness (QED) is 0.498. The van der Waals surface area contributed by atoms with Crippen molar-refractivity contribution in [2.45, 2.75) is 26.2 Å². The Labute approximate surface area is 151 Å². The van der Waals surface area contributed by atoms with E-state index in [1.165, 1.54) is 16.9 Å². The maximum atomic E-state index is 9.35. The lowest BCUT2D eigenvalue weighted by Crippen LogP contribution is -2.10. The van der Waals surface area contributed by atoms with E-state index >= 15 is 0 Å². The van der Waals surface area contributed by atoms with Crippen LogP contribution >= 0.6 is 11.3 Å². The van der Waals surface area contributed by atoms with Gasteiger partial charge in [0.25, 0.3) is 0 Å². The zero-order chi connectivity index (χ0) is 17.9. The first-order valence-corrected chi connectivity index (χ1v) is 8.94. The summed E-state index contributed by atoms with van der Waals surface area (Å²) in [6, 6.07) is 15.4. The van der Waals surface area contributed by atoms with Gasteiger partial charge in [0.2, 0.25) is 5.13 Å². The molecule has 0 saturated carbocycles. The zero-order valence-electron chi connectivity index (χ0n) is 14.5. The molecule has 0 bridgehead atoms. The lowest BCUT2D eigenvalue weighted by Gasteiger charge is -2.18. The van der Waals surface area contributed by atoms with Crippen LogP contribution in [-0.4, -0.2) is 16.3 Å². The first-order chi connectivity index (χ1) is 11.9. The van der Waals surface area contributed by atoms with Gasteiger partial charge in [0.1, 0.15) is 5.75 Å². The topological polar surface area (TPSA) is 57.5 Å². The average Bonchev–Trinajstić information content (AvgIpc) is 3.04. The van der Waals surface area contributed by atoms with E-state index in [9.17, 15) is 5.11 Å². The molecule has 0 atom stereocenters. The molecule has 3 rings (SSSR count). The number of rotatable bonds is 4. The molecule has 0 aliphatic heterocycles. The molecule has 0 amide bonds. The van der Waals surface area contributed by atoms with E-state index < -0.39 is 0 Å². The van der Waals surface area contributed by atoms with Crippen LogP contribution in [0.5, 0.6) is 5.75 Å². The van der Waals surface area contributed by atoms with Crippen LogP contribution in [0.4, 0.5) is 5.13 Å². The fourth-order valence-electron chi connectivity index (χ4n) is 2.32. The molecular weight excluding hydrogens is 330 g/mol. The molecular formula is C20H21N3OS. The van der Waals surface area contributed by atoms with Crippen LogP contribution in [0.15, 0.2) is 59.0 Å². The maximum absolute atomic E-state index is 9.35. The van der Waals surface area contributed by atoms with Gasteiger partial charge < -0.3 is 5.11 Å². The normalized spacial score (nSPS) is 11.8. The minimum absolute atomic E-state index is 0.152. The standard InChI is InChI=1S/C20H21N3OS/c1-20(2,3)16-8-4-14(5-9-16)12-21-23-19-22-18(13-25-19)15-6-10-17(24)11-7-15/h4-13,24H,1-3H3,(H,22,23). The van der Waals surface area contributed by atoms with Gasteiger partial charge in [0.05, 0.1) is 11.9 Å². The highest BCUT2D eigenvalue weighted by Crippen LogP contribution is 2.26. The summed E-state index contributed by atoms with van der Waals surface area (Å²) in [6.07, 6.45) is 1.79. The van der Waals surface area contributed by atoms with Crippen LogP contribution in [0.2, 0.25) is 0 Å². The van der Waals surface area contributed by atoms with Crippen molar-refractivity contribution in [3.8, 4) is 17.0 Å². The van der Waals surface area contributed by atoms with Crippen molar-refractivity contribution in [2.24, 2.45) is 5.10 Å². The summed E-state index contributed by atoms with van der Waals surface area (Å²) in [6.45, 7) is 6.60. The number of phenols is 1. The molecule has 1 heterocycles. The van der Waals surface area contributed by atoms with Crippen molar-refractivity contribution in [2.75, 3.05) is 5.43 Å². The molecule has 0 spiro atoms. The Morgan fingerprint density at radius 3 is 2.36 bits per heavy atom. The van der Waals surface area contributed by atoms with Gasteiger partial charge in [-0.2, -0.15) is 5.10 Å². The average molecular weight is 351 g/mol. The second-order valence-corrected chi connectivity index (χ2v) is 7.68. The van der Waals surface area contributed by atoms with E-state index in [2.05, 4.69) is 60.5 Å². The van der Waals surface area contributed by atoms with Crippen molar-refractivity contribution in [3.05, 3.63) is 65.0 Å². The van der Waals surface area contributed by atoms with E-state index in [0.717, 1.165) is 22.0 Å². The maximum Gasteiger partial charge on any atom is 0.203 e. The highest BCUT2D eigenvalue weighted by Gasteiger charge is 2.12. The van der Waals surface area contributed by atoms with Crippen LogP contribution < -0.4 is 5.43 Å². The highest BCUT2D eigenvalue weighted by atomic mass is 32.1.